The molecule has 1 heterocycles. The molecule has 19 heavy (non-hydrogen) atoms. The van der Waals surface area contributed by atoms with Crippen LogP contribution in [-0.4, -0.2) is 37.9 Å². The topological polar surface area (TPSA) is 89.7 Å². The van der Waals surface area contributed by atoms with Gasteiger partial charge in [-0.3, -0.25) is 4.79 Å². The summed E-state index contributed by atoms with van der Waals surface area (Å²) < 4.78 is 31.1. The van der Waals surface area contributed by atoms with Crippen molar-refractivity contribution in [2.45, 2.75) is 30.0 Å². The van der Waals surface area contributed by atoms with Gasteiger partial charge < -0.3 is 10.5 Å². The van der Waals surface area contributed by atoms with Gasteiger partial charge in [0.25, 0.3) is 10.0 Å². The van der Waals surface area contributed by atoms with Gasteiger partial charge in [0.1, 0.15) is 10.8 Å². The van der Waals surface area contributed by atoms with Gasteiger partial charge in [0.15, 0.2) is 0 Å². The van der Waals surface area contributed by atoms with Gasteiger partial charge in [-0.25, -0.2) is 8.42 Å². The van der Waals surface area contributed by atoms with Crippen LogP contribution >= 0.6 is 11.3 Å². The molecule has 2 rings (SSSR count). The molecule has 0 aliphatic heterocycles. The molecule has 8 heteroatoms. The molecule has 0 atom stereocenters. The van der Waals surface area contributed by atoms with E-state index in [0.29, 0.717) is 5.69 Å². The summed E-state index contributed by atoms with van der Waals surface area (Å²) >= 11 is 1.06. The number of esters is 1. The maximum Gasteiger partial charge on any atom is 0.321 e. The molecule has 1 fully saturated rings. The van der Waals surface area contributed by atoms with E-state index in [0.717, 1.165) is 24.2 Å². The highest BCUT2D eigenvalue weighted by atomic mass is 32.2. The average Bonchev–Trinajstić information content (AvgIpc) is 3.07. The van der Waals surface area contributed by atoms with Crippen LogP contribution in [0.4, 0.5) is 5.69 Å². The van der Waals surface area contributed by atoms with Crippen LogP contribution in [0.2, 0.25) is 0 Å². The van der Waals surface area contributed by atoms with Crippen LogP contribution in [0.15, 0.2) is 15.7 Å². The van der Waals surface area contributed by atoms with Crippen molar-refractivity contribution in [3.63, 3.8) is 0 Å². The molecule has 6 nitrogen and oxygen atoms in total. The molecule has 0 bridgehead atoms. The smallest absolute Gasteiger partial charge is 0.321 e. The molecule has 0 amide bonds. The van der Waals surface area contributed by atoms with E-state index in [1.807, 2.05) is 0 Å². The van der Waals surface area contributed by atoms with Crippen LogP contribution in [0.1, 0.15) is 19.8 Å². The maximum absolute atomic E-state index is 12.4. The number of carbonyl (C=O) groups excluding carboxylic acids is 1. The third-order valence-corrected chi connectivity index (χ3v) is 6.03. The van der Waals surface area contributed by atoms with E-state index in [1.54, 1.807) is 12.3 Å². The Morgan fingerprint density at radius 2 is 2.26 bits per heavy atom. The highest BCUT2D eigenvalue weighted by molar-refractivity contribution is 7.91. The fourth-order valence-electron chi connectivity index (χ4n) is 1.69. The van der Waals surface area contributed by atoms with Crippen LogP contribution in [-0.2, 0) is 19.6 Å². The highest BCUT2D eigenvalue weighted by Crippen LogP contribution is 2.34. The van der Waals surface area contributed by atoms with E-state index < -0.39 is 16.0 Å². The van der Waals surface area contributed by atoms with Crippen LogP contribution in [0.5, 0.6) is 0 Å². The predicted octanol–water partition coefficient (Wildman–Crippen LogP) is 1.05. The Morgan fingerprint density at radius 3 is 2.74 bits per heavy atom. The number of sulfonamides is 1. The van der Waals surface area contributed by atoms with Gasteiger partial charge in [-0.1, -0.05) is 0 Å². The van der Waals surface area contributed by atoms with Crippen molar-refractivity contribution >= 4 is 33.0 Å². The van der Waals surface area contributed by atoms with Crippen molar-refractivity contribution in [1.82, 2.24) is 4.31 Å². The Hall–Kier alpha value is -1.12. The minimum absolute atomic E-state index is 0.0993. The second kappa shape index (κ2) is 5.48. The molecule has 0 spiro atoms. The van der Waals surface area contributed by atoms with E-state index in [2.05, 4.69) is 0 Å². The SMILES string of the molecule is CCOC(=O)CN(C1CC1)S(=O)(=O)c1cc(N)cs1. The molecule has 106 valence electrons. The molecule has 1 aliphatic rings. The number of ether oxygens (including phenoxy) is 1. The first-order valence-corrected chi connectivity index (χ1v) is 8.28. The lowest BCUT2D eigenvalue weighted by molar-refractivity contribution is -0.143. The van der Waals surface area contributed by atoms with Crippen LogP contribution in [0, 0.1) is 0 Å². The highest BCUT2D eigenvalue weighted by Gasteiger charge is 2.40. The third-order valence-electron chi connectivity index (χ3n) is 2.70. The first kappa shape index (κ1) is 14.3. The standard InChI is InChI=1S/C11H16N2O4S2/c1-2-17-10(14)6-13(9-3-4-9)19(15,16)11-5-8(12)7-18-11/h5,7,9H,2-4,6,12H2,1H3. The summed E-state index contributed by atoms with van der Waals surface area (Å²) in [6, 6.07) is 1.32. The van der Waals surface area contributed by atoms with E-state index >= 15 is 0 Å². The van der Waals surface area contributed by atoms with Crippen molar-refractivity contribution in [3.8, 4) is 0 Å². The summed E-state index contributed by atoms with van der Waals surface area (Å²) in [4.78, 5) is 11.5. The van der Waals surface area contributed by atoms with Crippen molar-refractivity contribution in [3.05, 3.63) is 11.4 Å². The van der Waals surface area contributed by atoms with Crippen molar-refractivity contribution in [2.75, 3.05) is 18.9 Å². The van der Waals surface area contributed by atoms with Gasteiger partial charge in [0, 0.05) is 17.1 Å². The van der Waals surface area contributed by atoms with Gasteiger partial charge in [-0.15, -0.1) is 11.3 Å². The molecular weight excluding hydrogens is 288 g/mol. The first-order valence-electron chi connectivity index (χ1n) is 5.96. The van der Waals surface area contributed by atoms with Gasteiger partial charge in [0.2, 0.25) is 0 Å². The average molecular weight is 304 g/mol. The molecule has 0 unspecified atom stereocenters. The Balaban J connectivity index is 2.21. The Kier molecular flexibility index (Phi) is 4.12. The van der Waals surface area contributed by atoms with Crippen molar-refractivity contribution in [2.24, 2.45) is 0 Å². The lowest BCUT2D eigenvalue weighted by Crippen LogP contribution is -2.37. The fourth-order valence-corrected chi connectivity index (χ4v) is 4.52. The fraction of sp³-hybridized carbons (Fsp3) is 0.545. The van der Waals surface area contributed by atoms with Crippen LogP contribution in [0.25, 0.3) is 0 Å². The van der Waals surface area contributed by atoms with Gasteiger partial charge in [0.05, 0.1) is 6.61 Å². The largest absolute Gasteiger partial charge is 0.465 e. The molecule has 0 aromatic carbocycles. The molecule has 1 aromatic heterocycles. The molecule has 1 aliphatic carbocycles. The van der Waals surface area contributed by atoms with Gasteiger partial charge >= 0.3 is 5.97 Å². The van der Waals surface area contributed by atoms with Crippen LogP contribution in [0.3, 0.4) is 0 Å². The molecule has 1 aromatic rings. The molecule has 0 radical (unpaired) electrons. The van der Waals surface area contributed by atoms with E-state index in [9.17, 15) is 13.2 Å². The second-order valence-corrected chi connectivity index (χ2v) is 7.31. The number of hydrogen-bond donors (Lipinski definition) is 1. The summed E-state index contributed by atoms with van der Waals surface area (Å²) in [6.45, 7) is 1.69. The van der Waals surface area contributed by atoms with Crippen LogP contribution < -0.4 is 5.73 Å². The lowest BCUT2D eigenvalue weighted by atomic mass is 10.6. The van der Waals surface area contributed by atoms with Crippen molar-refractivity contribution in [1.29, 1.82) is 0 Å². The summed E-state index contributed by atoms with van der Waals surface area (Å²) in [7, 11) is -3.66. The number of thiophene rings is 1. The number of carbonyl (C=O) groups is 1. The van der Waals surface area contributed by atoms with E-state index in [1.165, 1.54) is 10.4 Å². The van der Waals surface area contributed by atoms with E-state index in [-0.39, 0.29) is 23.4 Å². The predicted molar refractivity (Wildman–Crippen MR) is 72.3 cm³/mol. The lowest BCUT2D eigenvalue weighted by Gasteiger charge is -2.19. The number of nitrogen functional groups attached to an aromatic ring is 1. The normalized spacial score (nSPS) is 15.7. The minimum atomic E-state index is -3.66. The summed E-state index contributed by atoms with van der Waals surface area (Å²) in [6.07, 6.45) is 1.55. The van der Waals surface area contributed by atoms with E-state index in [4.69, 9.17) is 10.5 Å². The zero-order valence-corrected chi connectivity index (χ0v) is 12.2. The Labute approximate surface area is 116 Å². The maximum atomic E-state index is 12.4. The Bertz CT molecular complexity index is 563. The third kappa shape index (κ3) is 3.26. The van der Waals surface area contributed by atoms with Gasteiger partial charge in [-0.2, -0.15) is 4.31 Å². The monoisotopic (exact) mass is 304 g/mol. The summed E-state index contributed by atoms with van der Waals surface area (Å²) in [5.41, 5.74) is 5.96. The Morgan fingerprint density at radius 1 is 1.58 bits per heavy atom. The molecule has 1 saturated carbocycles. The number of hydrogen-bond acceptors (Lipinski definition) is 6. The number of rotatable bonds is 6. The second-order valence-electron chi connectivity index (χ2n) is 4.29. The van der Waals surface area contributed by atoms with Gasteiger partial charge in [-0.05, 0) is 25.8 Å². The molecular formula is C11H16N2O4S2. The first-order chi connectivity index (χ1) is 8.95. The number of anilines is 1. The minimum Gasteiger partial charge on any atom is -0.465 e. The number of nitrogens with zero attached hydrogens (tertiary/aromatic N) is 1. The number of nitrogens with two attached hydrogens (primary N) is 1. The van der Waals surface area contributed by atoms with Crippen molar-refractivity contribution < 1.29 is 17.9 Å². The zero-order chi connectivity index (χ0) is 14.0. The molecule has 0 saturated heterocycles. The zero-order valence-electron chi connectivity index (χ0n) is 10.5. The summed E-state index contributed by atoms with van der Waals surface area (Å²) in [5.74, 6) is -0.525. The quantitative estimate of drug-likeness (QED) is 0.793. The molecule has 2 N–H and O–H groups in total. The summed E-state index contributed by atoms with van der Waals surface area (Å²) in [5, 5.41) is 1.57.